The number of carbonyl (C=O) groups excluding carboxylic acids is 1. The minimum atomic E-state index is -0.300. The van der Waals surface area contributed by atoms with Crippen LogP contribution in [0, 0.1) is 11.3 Å². The molecule has 0 saturated carbocycles. The normalized spacial score (nSPS) is 11.6. The molecule has 0 fully saturated rings. The molecule has 0 unspecified atom stereocenters. The minimum absolute atomic E-state index is 0.0767. The highest BCUT2D eigenvalue weighted by molar-refractivity contribution is 7.20. The summed E-state index contributed by atoms with van der Waals surface area (Å²) < 4.78 is 0. The van der Waals surface area contributed by atoms with Gasteiger partial charge in [0.25, 0.3) is 0 Å². The van der Waals surface area contributed by atoms with E-state index in [2.05, 4.69) is 9.97 Å². The predicted octanol–water partition coefficient (Wildman–Crippen LogP) is 5.14. The first-order chi connectivity index (χ1) is 12.3. The number of nitrogens with zero attached hydrogens (tertiary/aromatic N) is 2. The number of thiophene rings is 1. The van der Waals surface area contributed by atoms with E-state index in [1.807, 2.05) is 53.2 Å². The van der Waals surface area contributed by atoms with Crippen molar-refractivity contribution in [2.24, 2.45) is 0 Å². The molecule has 0 aliphatic carbocycles. The molecule has 0 aliphatic heterocycles. The molecule has 25 heavy (non-hydrogen) atoms. The van der Waals surface area contributed by atoms with Gasteiger partial charge in [-0.25, -0.2) is 4.98 Å². The van der Waals surface area contributed by atoms with Crippen molar-refractivity contribution >= 4 is 45.4 Å². The molecular formula is C19H11N3OS2. The molecule has 6 heteroatoms. The highest BCUT2D eigenvalue weighted by atomic mass is 32.1. The van der Waals surface area contributed by atoms with Crippen LogP contribution in [0.1, 0.15) is 16.1 Å². The van der Waals surface area contributed by atoms with Crippen molar-refractivity contribution in [1.29, 1.82) is 5.26 Å². The van der Waals surface area contributed by atoms with Crippen LogP contribution in [-0.2, 0) is 0 Å². The van der Waals surface area contributed by atoms with E-state index < -0.39 is 0 Å². The molecule has 4 nitrogen and oxygen atoms in total. The van der Waals surface area contributed by atoms with E-state index in [0.29, 0.717) is 11.3 Å². The number of allylic oxidation sites excluding steroid dienone is 1. The van der Waals surface area contributed by atoms with Crippen LogP contribution in [0.3, 0.4) is 0 Å². The van der Waals surface area contributed by atoms with Crippen LogP contribution in [0.5, 0.6) is 0 Å². The Morgan fingerprint density at radius 3 is 2.88 bits per heavy atom. The second kappa shape index (κ2) is 6.48. The summed E-state index contributed by atoms with van der Waals surface area (Å²) in [6.07, 6.45) is 3.20. The van der Waals surface area contributed by atoms with Crippen molar-refractivity contribution in [2.75, 3.05) is 0 Å². The van der Waals surface area contributed by atoms with Crippen LogP contribution in [0.15, 0.2) is 58.9 Å². The first-order valence-electron chi connectivity index (χ1n) is 7.48. The van der Waals surface area contributed by atoms with Gasteiger partial charge < -0.3 is 4.98 Å². The van der Waals surface area contributed by atoms with Gasteiger partial charge in [0, 0.05) is 28.0 Å². The lowest BCUT2D eigenvalue weighted by Crippen LogP contribution is -2.01. The van der Waals surface area contributed by atoms with Crippen molar-refractivity contribution < 1.29 is 4.79 Å². The molecule has 1 aromatic carbocycles. The van der Waals surface area contributed by atoms with Gasteiger partial charge in [0.1, 0.15) is 16.6 Å². The van der Waals surface area contributed by atoms with E-state index in [-0.39, 0.29) is 11.4 Å². The minimum Gasteiger partial charge on any atom is -0.360 e. The number of nitrogens with one attached hydrogen (secondary N) is 1. The largest absolute Gasteiger partial charge is 0.360 e. The molecule has 0 radical (unpaired) electrons. The number of benzene rings is 1. The second-order valence-corrected chi connectivity index (χ2v) is 7.11. The van der Waals surface area contributed by atoms with Crippen molar-refractivity contribution in [1.82, 2.24) is 9.97 Å². The first kappa shape index (κ1) is 15.5. The molecule has 0 spiro atoms. The Hall–Kier alpha value is -3.01. The number of aromatic nitrogens is 2. The Bertz CT molecular complexity index is 1130. The number of nitriles is 1. The van der Waals surface area contributed by atoms with Gasteiger partial charge in [-0.05, 0) is 23.6 Å². The van der Waals surface area contributed by atoms with E-state index in [0.717, 1.165) is 20.8 Å². The molecule has 3 heterocycles. The lowest BCUT2D eigenvalue weighted by Gasteiger charge is -1.97. The molecule has 0 aliphatic rings. The van der Waals surface area contributed by atoms with Crippen LogP contribution in [0.25, 0.3) is 26.9 Å². The lowest BCUT2D eigenvalue weighted by atomic mass is 10.0. The second-order valence-electron chi connectivity index (χ2n) is 5.30. The maximum absolute atomic E-state index is 12.8. The number of aromatic amines is 1. The van der Waals surface area contributed by atoms with Gasteiger partial charge in [0.05, 0.1) is 10.6 Å². The van der Waals surface area contributed by atoms with E-state index in [1.54, 1.807) is 23.6 Å². The SMILES string of the molecule is N#C/C(=C/c1csc(-c2cccs2)n1)C(=O)c1c[nH]c2ccccc12. The summed E-state index contributed by atoms with van der Waals surface area (Å²) in [5.74, 6) is -0.300. The number of hydrogen-bond acceptors (Lipinski definition) is 5. The van der Waals surface area contributed by atoms with Crippen LogP contribution >= 0.6 is 22.7 Å². The van der Waals surface area contributed by atoms with Crippen LogP contribution in [0.4, 0.5) is 0 Å². The number of para-hydroxylation sites is 1. The average Bonchev–Trinajstić information content (AvgIpc) is 3.38. The van der Waals surface area contributed by atoms with Gasteiger partial charge >= 0.3 is 0 Å². The standard InChI is InChI=1S/C19H11N3OS2/c20-9-12(8-13-11-25-19(22-13)17-6-3-7-24-17)18(23)15-10-21-16-5-2-1-4-14(15)16/h1-8,10-11,21H/b12-8-. The smallest absolute Gasteiger partial charge is 0.205 e. The van der Waals surface area contributed by atoms with E-state index in [4.69, 9.17) is 0 Å². The zero-order valence-corrected chi connectivity index (χ0v) is 14.5. The molecule has 0 saturated heterocycles. The maximum Gasteiger partial charge on any atom is 0.205 e. The summed E-state index contributed by atoms with van der Waals surface area (Å²) in [5, 5.41) is 15.0. The van der Waals surface area contributed by atoms with Crippen LogP contribution in [0.2, 0.25) is 0 Å². The Balaban J connectivity index is 1.69. The highest BCUT2D eigenvalue weighted by Crippen LogP contribution is 2.29. The number of Topliss-reactive ketones (excluding diaryl/α,β-unsaturated/α-hetero) is 1. The lowest BCUT2D eigenvalue weighted by molar-refractivity contribution is 0.104. The Morgan fingerprint density at radius 1 is 1.20 bits per heavy atom. The topological polar surface area (TPSA) is 69.5 Å². The number of hydrogen-bond donors (Lipinski definition) is 1. The van der Waals surface area contributed by atoms with E-state index in [1.165, 1.54) is 11.3 Å². The Kier molecular flexibility index (Phi) is 4.02. The van der Waals surface area contributed by atoms with E-state index in [9.17, 15) is 10.1 Å². The zero-order valence-electron chi connectivity index (χ0n) is 12.9. The summed E-state index contributed by atoms with van der Waals surface area (Å²) in [6.45, 7) is 0. The highest BCUT2D eigenvalue weighted by Gasteiger charge is 2.17. The van der Waals surface area contributed by atoms with E-state index >= 15 is 0 Å². The molecule has 0 atom stereocenters. The van der Waals surface area contributed by atoms with Crippen LogP contribution in [-0.4, -0.2) is 15.8 Å². The fourth-order valence-electron chi connectivity index (χ4n) is 2.57. The van der Waals surface area contributed by atoms with Crippen molar-refractivity contribution in [3.63, 3.8) is 0 Å². The monoisotopic (exact) mass is 361 g/mol. The predicted molar refractivity (Wildman–Crippen MR) is 102 cm³/mol. The zero-order chi connectivity index (χ0) is 17.2. The number of rotatable bonds is 4. The van der Waals surface area contributed by atoms with Gasteiger partial charge in [-0.15, -0.1) is 22.7 Å². The first-order valence-corrected chi connectivity index (χ1v) is 9.24. The summed E-state index contributed by atoms with van der Waals surface area (Å²) in [4.78, 5) is 21.4. The third-order valence-electron chi connectivity index (χ3n) is 3.75. The molecule has 0 bridgehead atoms. The molecule has 4 rings (SSSR count). The number of H-pyrrole nitrogens is 1. The summed E-state index contributed by atoms with van der Waals surface area (Å²) >= 11 is 3.11. The third-order valence-corrected chi connectivity index (χ3v) is 5.64. The summed E-state index contributed by atoms with van der Waals surface area (Å²) in [5.41, 5.74) is 2.07. The number of carbonyl (C=O) groups is 1. The number of fused-ring (bicyclic) bond motifs is 1. The van der Waals surface area contributed by atoms with Crippen molar-refractivity contribution in [2.45, 2.75) is 0 Å². The van der Waals surface area contributed by atoms with Crippen molar-refractivity contribution in [3.8, 4) is 16.0 Å². The number of ketones is 1. The van der Waals surface area contributed by atoms with Gasteiger partial charge in [0.15, 0.2) is 0 Å². The molecule has 3 aromatic heterocycles. The maximum atomic E-state index is 12.8. The van der Waals surface area contributed by atoms with Crippen molar-refractivity contribution in [3.05, 3.63) is 70.2 Å². The summed E-state index contributed by atoms with van der Waals surface area (Å²) in [6, 6.07) is 13.5. The fourth-order valence-corrected chi connectivity index (χ4v) is 4.16. The molecular weight excluding hydrogens is 350 g/mol. The molecule has 120 valence electrons. The molecule has 1 N–H and O–H groups in total. The van der Waals surface area contributed by atoms with Gasteiger partial charge in [-0.2, -0.15) is 5.26 Å². The van der Waals surface area contributed by atoms with Gasteiger partial charge in [-0.3, -0.25) is 4.79 Å². The third kappa shape index (κ3) is 2.91. The molecule has 4 aromatic rings. The Morgan fingerprint density at radius 2 is 2.08 bits per heavy atom. The molecule has 0 amide bonds. The van der Waals surface area contributed by atoms with Gasteiger partial charge in [-0.1, -0.05) is 24.3 Å². The quantitative estimate of drug-likeness (QED) is 0.311. The summed E-state index contributed by atoms with van der Waals surface area (Å²) in [7, 11) is 0. The average molecular weight is 361 g/mol. The van der Waals surface area contributed by atoms with Crippen LogP contribution < -0.4 is 0 Å². The fraction of sp³-hybridized carbons (Fsp3) is 0. The Labute approximate surface area is 151 Å². The van der Waals surface area contributed by atoms with Gasteiger partial charge in [0.2, 0.25) is 5.78 Å². The number of thiazole rings is 1.